The van der Waals surface area contributed by atoms with Crippen LogP contribution in [0.1, 0.15) is 17.2 Å². The Kier molecular flexibility index (Phi) is 5.48. The fraction of sp³-hybridized carbons (Fsp3) is 0.188. The molecule has 0 amide bonds. The van der Waals surface area contributed by atoms with E-state index in [0.717, 1.165) is 19.2 Å². The summed E-state index contributed by atoms with van der Waals surface area (Å²) in [7, 11) is -3.14. The summed E-state index contributed by atoms with van der Waals surface area (Å²) in [6.45, 7) is 0. The van der Waals surface area contributed by atoms with Gasteiger partial charge in [0, 0.05) is 0 Å². The standard InChI is InChI=1S/C16H14F3NO4S/c1-24-15(21)14(11-5-3-2-4-6-11)20-25(22,23)13-9-7-12(8-10-13)16(17,18)19/h2-10,14,20H,1H3. The number of hydrogen-bond acceptors (Lipinski definition) is 4. The molecule has 0 saturated heterocycles. The van der Waals surface area contributed by atoms with Crippen molar-refractivity contribution >= 4 is 16.0 Å². The van der Waals surface area contributed by atoms with Crippen molar-refractivity contribution in [3.8, 4) is 0 Å². The molecule has 9 heteroatoms. The number of ether oxygens (including phenoxy) is 1. The minimum atomic E-state index is -4.58. The Morgan fingerprint density at radius 2 is 1.60 bits per heavy atom. The number of esters is 1. The van der Waals surface area contributed by atoms with Crippen molar-refractivity contribution < 1.29 is 31.1 Å². The van der Waals surface area contributed by atoms with Crippen LogP contribution < -0.4 is 4.72 Å². The number of carbonyl (C=O) groups excluding carboxylic acids is 1. The first-order chi connectivity index (χ1) is 11.6. The maximum Gasteiger partial charge on any atom is 0.416 e. The molecule has 0 aliphatic rings. The molecule has 2 aromatic carbocycles. The first kappa shape index (κ1) is 18.9. The second kappa shape index (κ2) is 7.24. The lowest BCUT2D eigenvalue weighted by atomic mass is 10.1. The van der Waals surface area contributed by atoms with E-state index in [4.69, 9.17) is 0 Å². The van der Waals surface area contributed by atoms with Gasteiger partial charge in [-0.15, -0.1) is 0 Å². The van der Waals surface area contributed by atoms with Crippen molar-refractivity contribution in [2.75, 3.05) is 7.11 Å². The lowest BCUT2D eigenvalue weighted by molar-refractivity contribution is -0.142. The van der Waals surface area contributed by atoms with Gasteiger partial charge in [-0.3, -0.25) is 0 Å². The highest BCUT2D eigenvalue weighted by Crippen LogP contribution is 2.30. The van der Waals surface area contributed by atoms with Crippen molar-refractivity contribution in [3.05, 3.63) is 65.7 Å². The second-order valence-electron chi connectivity index (χ2n) is 5.01. The van der Waals surface area contributed by atoms with E-state index in [1.165, 1.54) is 12.1 Å². The van der Waals surface area contributed by atoms with Gasteiger partial charge in [0.05, 0.1) is 17.6 Å². The van der Waals surface area contributed by atoms with Crippen LogP contribution in [0.4, 0.5) is 13.2 Å². The van der Waals surface area contributed by atoms with Gasteiger partial charge < -0.3 is 4.74 Å². The predicted octanol–water partition coefficient (Wildman–Crippen LogP) is 2.90. The zero-order chi connectivity index (χ0) is 18.7. The highest BCUT2D eigenvalue weighted by atomic mass is 32.2. The summed E-state index contributed by atoms with van der Waals surface area (Å²) in [4.78, 5) is 11.5. The van der Waals surface area contributed by atoms with E-state index in [0.29, 0.717) is 17.7 Å². The van der Waals surface area contributed by atoms with Crippen LogP contribution in [0.3, 0.4) is 0 Å². The van der Waals surface area contributed by atoms with E-state index in [-0.39, 0.29) is 0 Å². The van der Waals surface area contributed by atoms with Gasteiger partial charge in [0.1, 0.15) is 6.04 Å². The van der Waals surface area contributed by atoms with Gasteiger partial charge in [-0.25, -0.2) is 13.2 Å². The Labute approximate surface area is 142 Å². The molecular weight excluding hydrogens is 359 g/mol. The van der Waals surface area contributed by atoms with Crippen LogP contribution in [0, 0.1) is 0 Å². The van der Waals surface area contributed by atoms with E-state index < -0.39 is 38.7 Å². The van der Waals surface area contributed by atoms with Crippen LogP contribution in [0.25, 0.3) is 0 Å². The van der Waals surface area contributed by atoms with Gasteiger partial charge in [-0.05, 0) is 29.8 Å². The van der Waals surface area contributed by atoms with E-state index in [1.54, 1.807) is 18.2 Å². The molecule has 1 unspecified atom stereocenters. The van der Waals surface area contributed by atoms with Gasteiger partial charge in [0.15, 0.2) is 0 Å². The van der Waals surface area contributed by atoms with Crippen LogP contribution in [0.15, 0.2) is 59.5 Å². The van der Waals surface area contributed by atoms with E-state index in [9.17, 15) is 26.4 Å². The SMILES string of the molecule is COC(=O)C(NS(=O)(=O)c1ccc(C(F)(F)F)cc1)c1ccccc1. The van der Waals surface area contributed by atoms with Crippen molar-refractivity contribution in [1.82, 2.24) is 4.72 Å². The minimum absolute atomic E-state index is 0.338. The fourth-order valence-corrected chi connectivity index (χ4v) is 3.23. The molecule has 2 aromatic rings. The average molecular weight is 373 g/mol. The zero-order valence-electron chi connectivity index (χ0n) is 12.9. The van der Waals surface area contributed by atoms with Crippen molar-refractivity contribution in [2.45, 2.75) is 17.1 Å². The third-order valence-corrected chi connectivity index (χ3v) is 4.77. The van der Waals surface area contributed by atoms with Crippen LogP contribution in [-0.2, 0) is 25.7 Å². The molecule has 0 aromatic heterocycles. The van der Waals surface area contributed by atoms with Gasteiger partial charge >= 0.3 is 12.1 Å². The van der Waals surface area contributed by atoms with Crippen LogP contribution >= 0.6 is 0 Å². The molecule has 0 heterocycles. The third-order valence-electron chi connectivity index (χ3n) is 3.33. The molecule has 1 N–H and O–H groups in total. The predicted molar refractivity (Wildman–Crippen MR) is 83.0 cm³/mol. The maximum absolute atomic E-state index is 12.6. The molecule has 1 atom stereocenters. The maximum atomic E-state index is 12.6. The number of nitrogens with one attached hydrogen (secondary N) is 1. The molecule has 0 spiro atoms. The summed E-state index contributed by atoms with van der Waals surface area (Å²) in [5, 5.41) is 0. The molecule has 134 valence electrons. The molecule has 0 radical (unpaired) electrons. The highest BCUT2D eigenvalue weighted by Gasteiger charge is 2.32. The van der Waals surface area contributed by atoms with Gasteiger partial charge in [0.25, 0.3) is 0 Å². The average Bonchev–Trinajstić information content (AvgIpc) is 2.59. The van der Waals surface area contributed by atoms with Crippen molar-refractivity contribution in [3.63, 3.8) is 0 Å². The number of carbonyl (C=O) groups is 1. The fourth-order valence-electron chi connectivity index (χ4n) is 2.06. The van der Waals surface area contributed by atoms with Gasteiger partial charge in [-0.1, -0.05) is 30.3 Å². The van der Waals surface area contributed by atoms with Crippen LogP contribution in [0.2, 0.25) is 0 Å². The van der Waals surface area contributed by atoms with Crippen LogP contribution in [0.5, 0.6) is 0 Å². The number of halogens is 3. The Balaban J connectivity index is 2.33. The quantitative estimate of drug-likeness (QED) is 0.818. The Bertz CT molecular complexity index is 834. The highest BCUT2D eigenvalue weighted by molar-refractivity contribution is 7.89. The molecular formula is C16H14F3NO4S. The number of methoxy groups -OCH3 is 1. The van der Waals surface area contributed by atoms with E-state index in [2.05, 4.69) is 9.46 Å². The molecule has 0 fully saturated rings. The summed E-state index contributed by atoms with van der Waals surface area (Å²) in [5.74, 6) is -0.846. The van der Waals surface area contributed by atoms with Gasteiger partial charge in [0.2, 0.25) is 10.0 Å². The lowest BCUT2D eigenvalue weighted by Gasteiger charge is -2.17. The number of benzene rings is 2. The summed E-state index contributed by atoms with van der Waals surface area (Å²) in [6, 6.07) is 9.59. The minimum Gasteiger partial charge on any atom is -0.468 e. The molecule has 0 aliphatic heterocycles. The number of sulfonamides is 1. The molecule has 5 nitrogen and oxygen atoms in total. The summed E-state index contributed by atoms with van der Waals surface area (Å²) >= 11 is 0. The van der Waals surface area contributed by atoms with Crippen molar-refractivity contribution in [1.29, 1.82) is 0 Å². The topological polar surface area (TPSA) is 72.5 Å². The van der Waals surface area contributed by atoms with E-state index >= 15 is 0 Å². The zero-order valence-corrected chi connectivity index (χ0v) is 13.8. The van der Waals surface area contributed by atoms with E-state index in [1.807, 2.05) is 0 Å². The Morgan fingerprint density at radius 1 is 1.04 bits per heavy atom. The van der Waals surface area contributed by atoms with Crippen LogP contribution in [-0.4, -0.2) is 21.5 Å². The molecule has 0 bridgehead atoms. The monoisotopic (exact) mass is 373 g/mol. The lowest BCUT2D eigenvalue weighted by Crippen LogP contribution is -2.34. The normalized spacial score (nSPS) is 13.3. The Hall–Kier alpha value is -2.39. The number of rotatable bonds is 5. The van der Waals surface area contributed by atoms with Gasteiger partial charge in [-0.2, -0.15) is 17.9 Å². The summed E-state index contributed by atoms with van der Waals surface area (Å²) < 4.78 is 69.3. The largest absolute Gasteiger partial charge is 0.468 e. The summed E-state index contributed by atoms with van der Waals surface area (Å²) in [6.07, 6.45) is -4.58. The summed E-state index contributed by atoms with van der Waals surface area (Å²) in [5.41, 5.74) is -0.635. The number of alkyl halides is 3. The molecule has 0 aliphatic carbocycles. The Morgan fingerprint density at radius 3 is 2.08 bits per heavy atom. The third kappa shape index (κ3) is 4.58. The smallest absolute Gasteiger partial charge is 0.416 e. The molecule has 2 rings (SSSR count). The second-order valence-corrected chi connectivity index (χ2v) is 6.72. The first-order valence-corrected chi connectivity index (χ1v) is 8.46. The number of hydrogen-bond donors (Lipinski definition) is 1. The molecule has 25 heavy (non-hydrogen) atoms. The van der Waals surface area contributed by atoms with Crippen molar-refractivity contribution in [2.24, 2.45) is 0 Å². The molecule has 0 saturated carbocycles. The first-order valence-electron chi connectivity index (χ1n) is 6.97.